The molecule has 30 heavy (non-hydrogen) atoms. The molecular weight excluding hydrogens is 381 g/mol. The smallest absolute Gasteiger partial charge is 0.123 e. The second kappa shape index (κ2) is 9.06. The third kappa shape index (κ3) is 4.94. The van der Waals surface area contributed by atoms with Crippen LogP contribution in [0.4, 0.5) is 4.39 Å². The van der Waals surface area contributed by atoms with Gasteiger partial charge in [0, 0.05) is 18.0 Å². The van der Waals surface area contributed by atoms with Crippen LogP contribution in [0.15, 0.2) is 48.8 Å². The standard InChI is InChI=1S/C24H28FN3O2/c1-30-20-5-6-22-21(14-20)23(28-16-27-22)9-12-24(29)10-7-19(8-11-24)26-15-17-3-2-4-18(25)13-17/h2-6,13-14,16,19,26,29H,7-12,15H2,1H3. The molecule has 0 unspecified atom stereocenters. The molecule has 4 rings (SSSR count). The van der Waals surface area contributed by atoms with Gasteiger partial charge in [0.25, 0.3) is 0 Å². The van der Waals surface area contributed by atoms with Gasteiger partial charge in [-0.3, -0.25) is 0 Å². The summed E-state index contributed by atoms with van der Waals surface area (Å²) in [6, 6.07) is 12.8. The van der Waals surface area contributed by atoms with Gasteiger partial charge in [-0.25, -0.2) is 14.4 Å². The van der Waals surface area contributed by atoms with Crippen molar-refractivity contribution in [2.24, 2.45) is 0 Å². The number of ether oxygens (including phenoxy) is 1. The largest absolute Gasteiger partial charge is 0.497 e. The van der Waals surface area contributed by atoms with E-state index in [0.29, 0.717) is 25.4 Å². The van der Waals surface area contributed by atoms with E-state index in [1.807, 2.05) is 24.3 Å². The van der Waals surface area contributed by atoms with Gasteiger partial charge in [0.05, 0.1) is 23.9 Å². The predicted molar refractivity (Wildman–Crippen MR) is 115 cm³/mol. The van der Waals surface area contributed by atoms with E-state index in [2.05, 4.69) is 15.3 Å². The van der Waals surface area contributed by atoms with Crippen LogP contribution in [-0.2, 0) is 13.0 Å². The normalized spacial score (nSPS) is 21.6. The molecule has 1 heterocycles. The molecule has 1 aliphatic rings. The fraction of sp³-hybridized carbons (Fsp3) is 0.417. The fourth-order valence-electron chi connectivity index (χ4n) is 4.28. The molecule has 1 fully saturated rings. The SMILES string of the molecule is COc1ccc2ncnc(CCC3(O)CCC(NCc4cccc(F)c4)CC3)c2c1. The monoisotopic (exact) mass is 409 g/mol. The van der Waals surface area contributed by atoms with Crippen LogP contribution < -0.4 is 10.1 Å². The van der Waals surface area contributed by atoms with E-state index in [1.165, 1.54) is 6.07 Å². The number of halogens is 1. The number of nitrogens with zero attached hydrogens (tertiary/aromatic N) is 2. The second-order valence-corrected chi connectivity index (χ2v) is 8.21. The molecular formula is C24H28FN3O2. The van der Waals surface area contributed by atoms with Crippen molar-refractivity contribution in [1.29, 1.82) is 0 Å². The van der Waals surface area contributed by atoms with E-state index in [1.54, 1.807) is 25.6 Å². The van der Waals surface area contributed by atoms with Gasteiger partial charge < -0.3 is 15.2 Å². The van der Waals surface area contributed by atoms with Crippen molar-refractivity contribution in [1.82, 2.24) is 15.3 Å². The summed E-state index contributed by atoms with van der Waals surface area (Å²) in [5.74, 6) is 0.573. The van der Waals surface area contributed by atoms with Crippen molar-refractivity contribution < 1.29 is 14.2 Å². The highest BCUT2D eigenvalue weighted by atomic mass is 19.1. The van der Waals surface area contributed by atoms with Gasteiger partial charge in [-0.2, -0.15) is 0 Å². The van der Waals surface area contributed by atoms with Crippen molar-refractivity contribution in [3.63, 3.8) is 0 Å². The van der Waals surface area contributed by atoms with Crippen LogP contribution in [0.3, 0.4) is 0 Å². The van der Waals surface area contributed by atoms with E-state index in [4.69, 9.17) is 4.74 Å². The van der Waals surface area contributed by atoms with Crippen LogP contribution in [0.2, 0.25) is 0 Å². The van der Waals surface area contributed by atoms with Gasteiger partial charge in [-0.15, -0.1) is 0 Å². The molecule has 0 atom stereocenters. The van der Waals surface area contributed by atoms with Crippen molar-refractivity contribution in [2.45, 2.75) is 56.7 Å². The van der Waals surface area contributed by atoms with Crippen molar-refractivity contribution in [3.8, 4) is 5.75 Å². The Bertz CT molecular complexity index is 1000. The first kappa shape index (κ1) is 20.7. The van der Waals surface area contributed by atoms with E-state index < -0.39 is 5.60 Å². The maximum absolute atomic E-state index is 13.3. The number of fused-ring (bicyclic) bond motifs is 1. The third-order valence-electron chi connectivity index (χ3n) is 6.15. The van der Waals surface area contributed by atoms with Crippen LogP contribution in [-0.4, -0.2) is 33.8 Å². The number of hydrogen-bond donors (Lipinski definition) is 2. The van der Waals surface area contributed by atoms with E-state index >= 15 is 0 Å². The first-order valence-corrected chi connectivity index (χ1v) is 10.5. The van der Waals surface area contributed by atoms with Gasteiger partial charge in [0.1, 0.15) is 17.9 Å². The lowest BCUT2D eigenvalue weighted by molar-refractivity contribution is -0.0109. The highest BCUT2D eigenvalue weighted by Gasteiger charge is 2.33. The molecule has 2 N–H and O–H groups in total. The molecule has 2 aromatic carbocycles. The predicted octanol–water partition coefficient (Wildman–Crippen LogP) is 4.17. The molecule has 5 nitrogen and oxygen atoms in total. The lowest BCUT2D eigenvalue weighted by Gasteiger charge is -2.36. The zero-order valence-corrected chi connectivity index (χ0v) is 17.3. The summed E-state index contributed by atoms with van der Waals surface area (Å²) in [5, 5.41) is 15.6. The van der Waals surface area contributed by atoms with Crippen LogP contribution in [0.5, 0.6) is 5.75 Å². The Kier molecular flexibility index (Phi) is 6.25. The Morgan fingerprint density at radius 2 is 2.00 bits per heavy atom. The first-order chi connectivity index (χ1) is 14.5. The van der Waals surface area contributed by atoms with Crippen LogP contribution in [0.1, 0.15) is 43.4 Å². The maximum Gasteiger partial charge on any atom is 0.123 e. The summed E-state index contributed by atoms with van der Waals surface area (Å²) in [7, 11) is 1.65. The molecule has 1 saturated carbocycles. The van der Waals surface area contributed by atoms with Gasteiger partial charge in [-0.1, -0.05) is 12.1 Å². The van der Waals surface area contributed by atoms with E-state index in [0.717, 1.165) is 53.6 Å². The number of aryl methyl sites for hydroxylation is 1. The van der Waals surface area contributed by atoms with Crippen LogP contribution in [0.25, 0.3) is 10.9 Å². The summed E-state index contributed by atoms with van der Waals surface area (Å²) in [6.07, 6.45) is 6.27. The van der Waals surface area contributed by atoms with E-state index in [9.17, 15) is 9.50 Å². The molecule has 1 aromatic heterocycles. The molecule has 0 amide bonds. The molecule has 0 bridgehead atoms. The summed E-state index contributed by atoms with van der Waals surface area (Å²) in [6.45, 7) is 0.648. The molecule has 3 aromatic rings. The summed E-state index contributed by atoms with van der Waals surface area (Å²) < 4.78 is 18.7. The minimum absolute atomic E-state index is 0.206. The first-order valence-electron chi connectivity index (χ1n) is 10.5. The number of rotatable bonds is 7. The third-order valence-corrected chi connectivity index (χ3v) is 6.15. The highest BCUT2D eigenvalue weighted by Crippen LogP contribution is 2.33. The molecule has 0 aliphatic heterocycles. The summed E-state index contributed by atoms with van der Waals surface area (Å²) in [4.78, 5) is 8.79. The summed E-state index contributed by atoms with van der Waals surface area (Å²) >= 11 is 0. The Morgan fingerprint density at radius 3 is 2.77 bits per heavy atom. The minimum atomic E-state index is -0.673. The Labute approximate surface area is 176 Å². The topological polar surface area (TPSA) is 67.3 Å². The van der Waals surface area contributed by atoms with Gasteiger partial charge in [0.15, 0.2) is 0 Å². The van der Waals surface area contributed by atoms with Crippen molar-refractivity contribution in [2.75, 3.05) is 7.11 Å². The zero-order valence-electron chi connectivity index (χ0n) is 17.3. The Hall–Kier alpha value is -2.57. The van der Waals surface area contributed by atoms with Crippen LogP contribution in [0, 0.1) is 5.82 Å². The van der Waals surface area contributed by atoms with Crippen LogP contribution >= 0.6 is 0 Å². The maximum atomic E-state index is 13.3. The highest BCUT2D eigenvalue weighted by molar-refractivity contribution is 5.82. The fourth-order valence-corrected chi connectivity index (χ4v) is 4.28. The summed E-state index contributed by atoms with van der Waals surface area (Å²) in [5.41, 5.74) is 2.10. The molecule has 1 aliphatic carbocycles. The second-order valence-electron chi connectivity index (χ2n) is 8.21. The average Bonchev–Trinajstić information content (AvgIpc) is 2.77. The average molecular weight is 410 g/mol. The molecule has 0 spiro atoms. The van der Waals surface area contributed by atoms with Gasteiger partial charge in [0.2, 0.25) is 0 Å². The number of methoxy groups -OCH3 is 1. The number of aromatic nitrogens is 2. The Balaban J connectivity index is 1.32. The van der Waals surface area contributed by atoms with Gasteiger partial charge >= 0.3 is 0 Å². The molecule has 158 valence electrons. The molecule has 6 heteroatoms. The lowest BCUT2D eigenvalue weighted by Crippen LogP contribution is -2.41. The molecule has 0 saturated heterocycles. The molecule has 0 radical (unpaired) electrons. The number of nitrogens with one attached hydrogen (secondary N) is 1. The lowest BCUT2D eigenvalue weighted by atomic mass is 9.79. The van der Waals surface area contributed by atoms with Gasteiger partial charge in [-0.05, 0) is 74.4 Å². The Morgan fingerprint density at radius 1 is 1.17 bits per heavy atom. The number of hydrogen-bond acceptors (Lipinski definition) is 5. The number of benzene rings is 2. The zero-order chi connectivity index (χ0) is 21.0. The van der Waals surface area contributed by atoms with Crippen molar-refractivity contribution in [3.05, 3.63) is 65.9 Å². The quantitative estimate of drug-likeness (QED) is 0.613. The van der Waals surface area contributed by atoms with E-state index in [-0.39, 0.29) is 5.82 Å². The minimum Gasteiger partial charge on any atom is -0.497 e. The number of aliphatic hydroxyl groups is 1. The van der Waals surface area contributed by atoms with Crippen molar-refractivity contribution >= 4 is 10.9 Å².